The third-order valence-electron chi connectivity index (χ3n) is 4.70. The molecular weight excluding hydrogens is 426 g/mol. The van der Waals surface area contributed by atoms with Gasteiger partial charge in [0, 0.05) is 18.1 Å². The van der Waals surface area contributed by atoms with Gasteiger partial charge in [-0.25, -0.2) is 4.79 Å². The number of anilines is 1. The smallest absolute Gasteiger partial charge is 0.410 e. The van der Waals surface area contributed by atoms with Crippen LogP contribution in [0.4, 0.5) is 10.5 Å². The van der Waals surface area contributed by atoms with Gasteiger partial charge in [0.05, 0.1) is 5.69 Å². The summed E-state index contributed by atoms with van der Waals surface area (Å²) >= 11 is 11.1. The number of benzene rings is 1. The lowest BCUT2D eigenvalue weighted by Crippen LogP contribution is -2.54. The number of ether oxygens (including phenoxy) is 1. The van der Waals surface area contributed by atoms with Crippen LogP contribution in [0.15, 0.2) is 35.9 Å². The number of hydrogen-bond donors (Lipinski definition) is 1. The minimum atomic E-state index is -0.587. The SMILES string of the molecule is CC(C)(C)OC(=O)N1CCCC(/C=C2/C(=O)NC(=S)N(c3ccc(Cl)cc3)C2=O)C1. The number of piperidine rings is 1. The fourth-order valence-electron chi connectivity index (χ4n) is 3.38. The lowest BCUT2D eigenvalue weighted by molar-refractivity contribution is -0.122. The van der Waals surface area contributed by atoms with Crippen molar-refractivity contribution in [1.82, 2.24) is 10.2 Å². The van der Waals surface area contributed by atoms with Crippen molar-refractivity contribution in [2.24, 2.45) is 5.92 Å². The maximum atomic E-state index is 13.1. The summed E-state index contributed by atoms with van der Waals surface area (Å²) in [5.74, 6) is -1.18. The first kappa shape index (κ1) is 22.2. The molecule has 0 bridgehead atoms. The van der Waals surface area contributed by atoms with Crippen LogP contribution in [-0.4, -0.2) is 46.6 Å². The number of hydrogen-bond acceptors (Lipinski definition) is 5. The van der Waals surface area contributed by atoms with Gasteiger partial charge in [-0.05, 0) is 76.0 Å². The van der Waals surface area contributed by atoms with Crippen LogP contribution in [0.2, 0.25) is 5.02 Å². The number of nitrogens with zero attached hydrogens (tertiary/aromatic N) is 2. The number of thiocarbonyl (C=S) groups is 1. The van der Waals surface area contributed by atoms with E-state index in [0.29, 0.717) is 23.8 Å². The molecule has 1 atom stereocenters. The zero-order valence-corrected chi connectivity index (χ0v) is 18.7. The standard InChI is InChI=1S/C21H24ClN3O4S/c1-21(2,3)29-20(28)24-10-4-5-13(12-24)11-16-17(26)23-19(30)25(18(16)27)15-8-6-14(22)7-9-15/h6-9,11,13H,4-5,10,12H2,1-3H3,(H,23,26,30)/b16-11-. The summed E-state index contributed by atoms with van der Waals surface area (Å²) < 4.78 is 5.44. The first-order chi connectivity index (χ1) is 14.0. The van der Waals surface area contributed by atoms with Gasteiger partial charge in [-0.3, -0.25) is 19.8 Å². The largest absolute Gasteiger partial charge is 0.444 e. The van der Waals surface area contributed by atoms with Crippen molar-refractivity contribution in [2.45, 2.75) is 39.2 Å². The Kier molecular flexibility index (Phi) is 6.47. The summed E-state index contributed by atoms with van der Waals surface area (Å²) in [5.41, 5.74) is -0.0647. The van der Waals surface area contributed by atoms with E-state index in [1.165, 1.54) is 4.90 Å². The van der Waals surface area contributed by atoms with E-state index in [9.17, 15) is 14.4 Å². The number of likely N-dealkylation sites (tertiary alicyclic amines) is 1. The van der Waals surface area contributed by atoms with Gasteiger partial charge in [-0.2, -0.15) is 0 Å². The van der Waals surface area contributed by atoms with Crippen molar-refractivity contribution in [3.05, 3.63) is 40.9 Å². The highest BCUT2D eigenvalue weighted by Gasteiger charge is 2.36. The molecule has 160 valence electrons. The molecule has 30 heavy (non-hydrogen) atoms. The minimum Gasteiger partial charge on any atom is -0.444 e. The molecule has 0 saturated carbocycles. The molecule has 1 aromatic carbocycles. The van der Waals surface area contributed by atoms with Crippen LogP contribution in [0.1, 0.15) is 33.6 Å². The second-order valence-electron chi connectivity index (χ2n) is 8.29. The van der Waals surface area contributed by atoms with Gasteiger partial charge in [-0.15, -0.1) is 0 Å². The molecule has 3 rings (SSSR count). The summed E-state index contributed by atoms with van der Waals surface area (Å²) in [6.07, 6.45) is 2.75. The summed E-state index contributed by atoms with van der Waals surface area (Å²) in [5, 5.41) is 3.11. The maximum Gasteiger partial charge on any atom is 0.410 e. The minimum absolute atomic E-state index is 0.00888. The fraction of sp³-hybridized carbons (Fsp3) is 0.429. The zero-order valence-electron chi connectivity index (χ0n) is 17.1. The Bertz CT molecular complexity index is 908. The number of amides is 3. The molecule has 0 aliphatic carbocycles. The van der Waals surface area contributed by atoms with E-state index >= 15 is 0 Å². The van der Waals surface area contributed by atoms with Crippen LogP contribution >= 0.6 is 23.8 Å². The Morgan fingerprint density at radius 3 is 2.57 bits per heavy atom. The number of halogens is 1. The second-order valence-corrected chi connectivity index (χ2v) is 9.11. The summed E-state index contributed by atoms with van der Waals surface area (Å²) in [6.45, 7) is 6.40. The Morgan fingerprint density at radius 1 is 1.27 bits per heavy atom. The lowest BCUT2D eigenvalue weighted by Gasteiger charge is -2.34. The van der Waals surface area contributed by atoms with Gasteiger partial charge < -0.3 is 9.64 Å². The zero-order chi connectivity index (χ0) is 22.1. The van der Waals surface area contributed by atoms with Crippen molar-refractivity contribution in [2.75, 3.05) is 18.0 Å². The first-order valence-corrected chi connectivity index (χ1v) is 10.5. The summed E-state index contributed by atoms with van der Waals surface area (Å²) in [7, 11) is 0. The quantitative estimate of drug-likeness (QED) is 0.423. The van der Waals surface area contributed by atoms with Gasteiger partial charge in [0.2, 0.25) is 0 Å². The van der Waals surface area contributed by atoms with Crippen molar-refractivity contribution in [3.8, 4) is 0 Å². The van der Waals surface area contributed by atoms with E-state index in [0.717, 1.165) is 12.8 Å². The molecule has 7 nitrogen and oxygen atoms in total. The van der Waals surface area contributed by atoms with Crippen LogP contribution in [0, 0.1) is 5.92 Å². The predicted octanol–water partition coefficient (Wildman–Crippen LogP) is 3.66. The third-order valence-corrected chi connectivity index (χ3v) is 5.24. The van der Waals surface area contributed by atoms with E-state index in [1.807, 2.05) is 20.8 Å². The molecule has 3 amide bonds. The molecule has 1 unspecified atom stereocenters. The van der Waals surface area contributed by atoms with Gasteiger partial charge in [0.25, 0.3) is 11.8 Å². The van der Waals surface area contributed by atoms with Crippen molar-refractivity contribution in [3.63, 3.8) is 0 Å². The molecule has 0 radical (unpaired) electrons. The topological polar surface area (TPSA) is 79.0 Å². The number of carbonyl (C=O) groups is 3. The average molecular weight is 450 g/mol. The van der Waals surface area contributed by atoms with E-state index in [4.69, 9.17) is 28.6 Å². The maximum absolute atomic E-state index is 13.1. The van der Waals surface area contributed by atoms with Crippen molar-refractivity contribution >= 4 is 52.5 Å². The van der Waals surface area contributed by atoms with Gasteiger partial charge >= 0.3 is 6.09 Å². The van der Waals surface area contributed by atoms with Gasteiger partial charge in [-0.1, -0.05) is 17.7 Å². The number of rotatable bonds is 2. The highest BCUT2D eigenvalue weighted by Crippen LogP contribution is 2.26. The molecule has 0 spiro atoms. The van der Waals surface area contributed by atoms with Crippen LogP contribution < -0.4 is 10.2 Å². The molecule has 2 saturated heterocycles. The van der Waals surface area contributed by atoms with Crippen LogP contribution in [-0.2, 0) is 14.3 Å². The van der Waals surface area contributed by atoms with Crippen LogP contribution in [0.5, 0.6) is 0 Å². The van der Waals surface area contributed by atoms with Crippen molar-refractivity contribution < 1.29 is 19.1 Å². The Hall–Kier alpha value is -2.45. The van der Waals surface area contributed by atoms with E-state index < -0.39 is 23.5 Å². The molecule has 9 heteroatoms. The normalized spacial score (nSPS) is 21.7. The average Bonchev–Trinajstić information content (AvgIpc) is 2.65. The third kappa shape index (κ3) is 5.17. The number of carbonyl (C=O) groups excluding carboxylic acids is 3. The summed E-state index contributed by atoms with van der Waals surface area (Å²) in [6, 6.07) is 6.61. The molecule has 2 aliphatic heterocycles. The monoisotopic (exact) mass is 449 g/mol. The highest BCUT2D eigenvalue weighted by molar-refractivity contribution is 7.80. The Morgan fingerprint density at radius 2 is 1.93 bits per heavy atom. The molecule has 1 aromatic rings. The lowest BCUT2D eigenvalue weighted by atomic mass is 9.94. The second kappa shape index (κ2) is 8.73. The van der Waals surface area contributed by atoms with Crippen LogP contribution in [0.25, 0.3) is 0 Å². The molecule has 2 heterocycles. The van der Waals surface area contributed by atoms with E-state index in [-0.39, 0.29) is 16.6 Å². The Balaban J connectivity index is 1.80. The van der Waals surface area contributed by atoms with Crippen LogP contribution in [0.3, 0.4) is 0 Å². The predicted molar refractivity (Wildman–Crippen MR) is 118 cm³/mol. The fourth-order valence-corrected chi connectivity index (χ4v) is 3.78. The van der Waals surface area contributed by atoms with Crippen molar-refractivity contribution in [1.29, 1.82) is 0 Å². The molecule has 1 N–H and O–H groups in total. The number of nitrogens with one attached hydrogen (secondary N) is 1. The first-order valence-electron chi connectivity index (χ1n) is 9.70. The molecule has 2 fully saturated rings. The molecule has 0 aromatic heterocycles. The van der Waals surface area contributed by atoms with Gasteiger partial charge in [0.15, 0.2) is 5.11 Å². The molecule has 2 aliphatic rings. The highest BCUT2D eigenvalue weighted by atomic mass is 35.5. The van der Waals surface area contributed by atoms with E-state index in [1.54, 1.807) is 35.2 Å². The van der Waals surface area contributed by atoms with Gasteiger partial charge in [0.1, 0.15) is 11.2 Å². The Labute approximate surface area is 186 Å². The molecular formula is C21H24ClN3O4S. The van der Waals surface area contributed by atoms with E-state index in [2.05, 4.69) is 5.32 Å². The summed E-state index contributed by atoms with van der Waals surface area (Å²) in [4.78, 5) is 40.8.